The molecule has 0 aromatic heterocycles. The Balaban J connectivity index is 1.62. The average Bonchev–Trinajstić information content (AvgIpc) is 3.11. The Morgan fingerprint density at radius 3 is 2.91 bits per heavy atom. The summed E-state index contributed by atoms with van der Waals surface area (Å²) in [5, 5.41) is 3.88. The molecule has 4 atom stereocenters. The Hall–Kier alpha value is -1.30. The van der Waals surface area contributed by atoms with E-state index in [2.05, 4.69) is 5.32 Å². The number of esters is 1. The number of benzene rings is 1. The van der Waals surface area contributed by atoms with E-state index in [0.717, 1.165) is 25.8 Å². The minimum atomic E-state index is -1.33. The number of hydrogen-bond acceptors (Lipinski definition) is 5. The second-order valence-electron chi connectivity index (χ2n) is 5.87. The molecular formula is C16H17Cl2NO4. The van der Waals surface area contributed by atoms with Gasteiger partial charge >= 0.3 is 12.3 Å². The topological polar surface area (TPSA) is 64.6 Å². The van der Waals surface area contributed by atoms with Crippen molar-refractivity contribution in [1.29, 1.82) is 0 Å². The Kier molecular flexibility index (Phi) is 5.09. The van der Waals surface area contributed by atoms with Gasteiger partial charge in [0.1, 0.15) is 11.8 Å². The van der Waals surface area contributed by atoms with Crippen LogP contribution in [-0.2, 0) is 14.3 Å². The van der Waals surface area contributed by atoms with Gasteiger partial charge in [-0.25, -0.2) is 0 Å². The number of aldehydes is 1. The predicted octanol–water partition coefficient (Wildman–Crippen LogP) is 2.83. The number of nitrogens with one attached hydrogen (secondary N) is 1. The van der Waals surface area contributed by atoms with Crippen LogP contribution in [0.1, 0.15) is 19.3 Å². The summed E-state index contributed by atoms with van der Waals surface area (Å²) in [5.41, 5.74) is 0. The third-order valence-corrected chi connectivity index (χ3v) is 5.01. The maximum absolute atomic E-state index is 12.3. The smallest absolute Gasteiger partial charge is 0.326 e. The summed E-state index contributed by atoms with van der Waals surface area (Å²) in [4.78, 5) is 23.5. The lowest BCUT2D eigenvalue weighted by Gasteiger charge is -2.20. The number of fused-ring (bicyclic) bond motifs is 1. The molecular weight excluding hydrogens is 341 g/mol. The Morgan fingerprint density at radius 1 is 1.35 bits per heavy atom. The summed E-state index contributed by atoms with van der Waals surface area (Å²) in [7, 11) is 0. The maximum Gasteiger partial charge on any atom is 0.326 e. The van der Waals surface area contributed by atoms with Gasteiger partial charge in [-0.05, 0) is 49.4 Å². The number of hydrogen-bond donors (Lipinski definition) is 1. The van der Waals surface area contributed by atoms with Crippen LogP contribution in [0.2, 0.25) is 10.0 Å². The van der Waals surface area contributed by atoms with Gasteiger partial charge in [0.05, 0.1) is 5.02 Å². The number of carbonyl (C=O) groups excluding carboxylic acids is 2. The van der Waals surface area contributed by atoms with Crippen LogP contribution in [0.4, 0.5) is 0 Å². The fraction of sp³-hybridized carbons (Fsp3) is 0.500. The summed E-state index contributed by atoms with van der Waals surface area (Å²) in [6.45, 7) is 0.820. The second kappa shape index (κ2) is 7.07. The van der Waals surface area contributed by atoms with Gasteiger partial charge in [0.25, 0.3) is 0 Å². The van der Waals surface area contributed by atoms with E-state index in [1.807, 2.05) is 0 Å². The largest absolute Gasteiger partial charge is 0.446 e. The summed E-state index contributed by atoms with van der Waals surface area (Å²) < 4.78 is 10.6. The quantitative estimate of drug-likeness (QED) is 0.498. The van der Waals surface area contributed by atoms with Gasteiger partial charge in [-0.3, -0.25) is 9.59 Å². The zero-order valence-corrected chi connectivity index (χ0v) is 13.8. The van der Waals surface area contributed by atoms with E-state index in [4.69, 9.17) is 32.7 Å². The first kappa shape index (κ1) is 16.6. The molecule has 1 heterocycles. The number of carbonyl (C=O) groups is 2. The van der Waals surface area contributed by atoms with Gasteiger partial charge in [-0.15, -0.1) is 0 Å². The van der Waals surface area contributed by atoms with E-state index in [1.54, 1.807) is 6.07 Å². The number of halogens is 2. The van der Waals surface area contributed by atoms with Gasteiger partial charge in [-0.1, -0.05) is 29.6 Å². The van der Waals surface area contributed by atoms with Crippen molar-refractivity contribution in [1.82, 2.24) is 5.32 Å². The van der Waals surface area contributed by atoms with Crippen molar-refractivity contribution in [3.8, 4) is 5.75 Å². The van der Waals surface area contributed by atoms with Crippen LogP contribution in [-0.4, -0.2) is 31.1 Å². The van der Waals surface area contributed by atoms with Crippen molar-refractivity contribution in [2.75, 3.05) is 6.54 Å². The molecule has 1 saturated heterocycles. The summed E-state index contributed by atoms with van der Waals surface area (Å²) in [6.07, 6.45) is 2.38. The van der Waals surface area contributed by atoms with Gasteiger partial charge in [0.2, 0.25) is 6.29 Å². The molecule has 0 radical (unpaired) electrons. The van der Waals surface area contributed by atoms with Crippen LogP contribution in [0.5, 0.6) is 5.75 Å². The molecule has 0 bridgehead atoms. The first-order chi connectivity index (χ1) is 11.1. The highest BCUT2D eigenvalue weighted by molar-refractivity contribution is 6.35. The maximum atomic E-state index is 12.3. The van der Waals surface area contributed by atoms with Crippen LogP contribution < -0.4 is 10.1 Å². The lowest BCUT2D eigenvalue weighted by Crippen LogP contribution is -2.40. The highest BCUT2D eigenvalue weighted by Gasteiger charge is 2.43. The van der Waals surface area contributed by atoms with Crippen molar-refractivity contribution in [2.45, 2.75) is 31.6 Å². The third kappa shape index (κ3) is 3.62. The first-order valence-electron chi connectivity index (χ1n) is 7.59. The molecule has 1 N–H and O–H groups in total. The normalized spacial score (nSPS) is 27.3. The highest BCUT2D eigenvalue weighted by atomic mass is 35.5. The SMILES string of the molecule is O=C[C@H](OC(=O)[C@H]1NC[C@H]2CCC[C@@H]21)Oc1ccc(Cl)cc1Cl. The van der Waals surface area contributed by atoms with E-state index in [0.29, 0.717) is 17.2 Å². The third-order valence-electron chi connectivity index (χ3n) is 4.48. The van der Waals surface area contributed by atoms with Gasteiger partial charge in [0.15, 0.2) is 0 Å². The van der Waals surface area contributed by atoms with Crippen LogP contribution in [0.3, 0.4) is 0 Å². The number of rotatable bonds is 5. The molecule has 124 valence electrons. The standard InChI is InChI=1S/C16H17Cl2NO4/c17-10-4-5-13(12(18)6-10)22-14(8-20)23-16(21)15-11-3-1-2-9(11)7-19-15/h4-6,8-9,11,14-15,19H,1-3,7H2/t9-,11+,14+,15+/m1/s1. The summed E-state index contributed by atoms with van der Waals surface area (Å²) in [6, 6.07) is 4.22. The molecule has 0 amide bonds. The lowest BCUT2D eigenvalue weighted by atomic mass is 9.94. The zero-order chi connectivity index (χ0) is 16.4. The predicted molar refractivity (Wildman–Crippen MR) is 85.7 cm³/mol. The van der Waals surface area contributed by atoms with E-state index in [1.165, 1.54) is 12.1 Å². The van der Waals surface area contributed by atoms with Gasteiger partial charge in [0, 0.05) is 5.02 Å². The molecule has 7 heteroatoms. The molecule has 5 nitrogen and oxygen atoms in total. The molecule has 1 aliphatic carbocycles. The van der Waals surface area contributed by atoms with Crippen LogP contribution in [0.25, 0.3) is 0 Å². The summed E-state index contributed by atoms with van der Waals surface area (Å²) >= 11 is 11.8. The van der Waals surface area contributed by atoms with Crippen LogP contribution >= 0.6 is 23.2 Å². The summed E-state index contributed by atoms with van der Waals surface area (Å²) in [5.74, 6) is 0.587. The van der Waals surface area contributed by atoms with Gasteiger partial charge in [-0.2, -0.15) is 0 Å². The monoisotopic (exact) mass is 357 g/mol. The Morgan fingerprint density at radius 2 is 2.17 bits per heavy atom. The minimum Gasteiger partial charge on any atom is -0.446 e. The fourth-order valence-corrected chi connectivity index (χ4v) is 3.86. The lowest BCUT2D eigenvalue weighted by molar-refractivity contribution is -0.169. The van der Waals surface area contributed by atoms with Crippen molar-refractivity contribution >= 4 is 35.5 Å². The van der Waals surface area contributed by atoms with Crippen molar-refractivity contribution < 1.29 is 19.1 Å². The number of ether oxygens (including phenoxy) is 2. The van der Waals surface area contributed by atoms with E-state index in [-0.39, 0.29) is 22.7 Å². The molecule has 23 heavy (non-hydrogen) atoms. The van der Waals surface area contributed by atoms with E-state index < -0.39 is 12.3 Å². The first-order valence-corrected chi connectivity index (χ1v) is 8.35. The van der Waals surface area contributed by atoms with Crippen LogP contribution in [0.15, 0.2) is 18.2 Å². The fourth-order valence-electron chi connectivity index (χ4n) is 3.41. The van der Waals surface area contributed by atoms with Crippen molar-refractivity contribution in [3.05, 3.63) is 28.2 Å². The van der Waals surface area contributed by atoms with Gasteiger partial charge < -0.3 is 14.8 Å². The Labute approximate surface area is 144 Å². The van der Waals surface area contributed by atoms with Crippen molar-refractivity contribution in [3.63, 3.8) is 0 Å². The molecule has 1 aromatic rings. The van der Waals surface area contributed by atoms with E-state index in [9.17, 15) is 9.59 Å². The Bertz CT molecular complexity index is 610. The van der Waals surface area contributed by atoms with Crippen molar-refractivity contribution in [2.24, 2.45) is 11.8 Å². The molecule has 0 unspecified atom stereocenters. The molecule has 2 fully saturated rings. The van der Waals surface area contributed by atoms with Crippen LogP contribution in [0, 0.1) is 11.8 Å². The molecule has 1 aliphatic heterocycles. The molecule has 0 spiro atoms. The molecule has 1 saturated carbocycles. The molecule has 2 aliphatic rings. The van der Waals surface area contributed by atoms with E-state index >= 15 is 0 Å². The molecule has 3 rings (SSSR count). The second-order valence-corrected chi connectivity index (χ2v) is 6.72. The average molecular weight is 358 g/mol. The zero-order valence-electron chi connectivity index (χ0n) is 12.3. The minimum absolute atomic E-state index is 0.235. The molecule has 1 aromatic carbocycles. The highest BCUT2D eigenvalue weighted by Crippen LogP contribution is 2.38.